The molecule has 0 atom stereocenters. The second-order valence-corrected chi connectivity index (χ2v) is 5.27. The summed E-state index contributed by atoms with van der Waals surface area (Å²) in [6.45, 7) is 2.88. The van der Waals surface area contributed by atoms with E-state index < -0.39 is 0 Å². The Kier molecular flexibility index (Phi) is 5.77. The summed E-state index contributed by atoms with van der Waals surface area (Å²) in [5.41, 5.74) is 0.910. The number of carbonyl (C=O) groups excluding carboxylic acids is 1. The lowest BCUT2D eigenvalue weighted by Gasteiger charge is -2.06. The molecule has 22 heavy (non-hydrogen) atoms. The molecule has 1 heterocycles. The molecule has 0 aliphatic carbocycles. The van der Waals surface area contributed by atoms with Crippen molar-refractivity contribution in [3.8, 4) is 0 Å². The van der Waals surface area contributed by atoms with Crippen molar-refractivity contribution in [1.29, 1.82) is 0 Å². The maximum Gasteiger partial charge on any atom is 0.319 e. The Hall–Kier alpha value is -2.08. The number of urea groups is 1. The number of hydrogen-bond donors (Lipinski definition) is 2. The minimum atomic E-state index is -0.380. The zero-order valence-electron chi connectivity index (χ0n) is 12.3. The van der Waals surface area contributed by atoms with Gasteiger partial charge in [-0.25, -0.2) is 9.18 Å². The van der Waals surface area contributed by atoms with Crippen LogP contribution in [0, 0.1) is 5.82 Å². The topological polar surface area (TPSA) is 59.0 Å². The van der Waals surface area contributed by atoms with Crippen molar-refractivity contribution >= 4 is 23.3 Å². The van der Waals surface area contributed by atoms with Crippen LogP contribution < -0.4 is 10.6 Å². The van der Waals surface area contributed by atoms with Crippen molar-refractivity contribution in [2.75, 3.05) is 11.9 Å². The quantitative estimate of drug-likeness (QED) is 0.797. The molecule has 2 rings (SSSR count). The minimum absolute atomic E-state index is 0.199. The van der Waals surface area contributed by atoms with E-state index in [-0.39, 0.29) is 18.4 Å². The fourth-order valence-corrected chi connectivity index (χ4v) is 2.14. The Morgan fingerprint density at radius 2 is 2.27 bits per heavy atom. The van der Waals surface area contributed by atoms with Gasteiger partial charge in [0.25, 0.3) is 0 Å². The van der Waals surface area contributed by atoms with Gasteiger partial charge < -0.3 is 10.6 Å². The van der Waals surface area contributed by atoms with E-state index >= 15 is 0 Å². The Morgan fingerprint density at radius 3 is 3.00 bits per heavy atom. The summed E-state index contributed by atoms with van der Waals surface area (Å²) in [4.78, 5) is 11.6. The lowest BCUT2D eigenvalue weighted by Crippen LogP contribution is -2.29. The molecule has 0 aliphatic rings. The lowest BCUT2D eigenvalue weighted by molar-refractivity contribution is 0.252. The highest BCUT2D eigenvalue weighted by atomic mass is 35.5. The number of carbonyl (C=O) groups is 1. The molecule has 0 bridgehead atoms. The van der Waals surface area contributed by atoms with Crippen LogP contribution >= 0.6 is 11.6 Å². The number of rotatable bonds is 6. The number of amides is 2. The first-order chi connectivity index (χ1) is 10.6. The van der Waals surface area contributed by atoms with Gasteiger partial charge in [-0.05, 0) is 18.6 Å². The third-order valence-electron chi connectivity index (χ3n) is 3.09. The normalized spacial score (nSPS) is 10.5. The van der Waals surface area contributed by atoms with Crippen LogP contribution in [0.4, 0.5) is 14.9 Å². The Morgan fingerprint density at radius 1 is 1.45 bits per heavy atom. The highest BCUT2D eigenvalue weighted by Gasteiger charge is 2.09. The minimum Gasteiger partial charge on any atom is -0.338 e. The van der Waals surface area contributed by atoms with E-state index in [1.54, 1.807) is 18.3 Å². The van der Waals surface area contributed by atoms with Gasteiger partial charge >= 0.3 is 6.03 Å². The SMILES string of the molecule is CCCCNC(=O)Nc1cnn(Cc2c(F)cccc2Cl)c1. The molecule has 0 radical (unpaired) electrons. The smallest absolute Gasteiger partial charge is 0.319 e. The Bertz CT molecular complexity index is 624. The van der Waals surface area contributed by atoms with Gasteiger partial charge in [-0.15, -0.1) is 0 Å². The van der Waals surface area contributed by atoms with Gasteiger partial charge in [0, 0.05) is 23.3 Å². The molecule has 0 saturated heterocycles. The van der Waals surface area contributed by atoms with Crippen LogP contribution in [0.5, 0.6) is 0 Å². The molecule has 0 saturated carbocycles. The zero-order valence-corrected chi connectivity index (χ0v) is 13.0. The first kappa shape index (κ1) is 16.3. The highest BCUT2D eigenvalue weighted by molar-refractivity contribution is 6.31. The first-order valence-electron chi connectivity index (χ1n) is 7.10. The fraction of sp³-hybridized carbons (Fsp3) is 0.333. The van der Waals surface area contributed by atoms with Crippen LogP contribution in [0.25, 0.3) is 0 Å². The second-order valence-electron chi connectivity index (χ2n) is 4.86. The maximum atomic E-state index is 13.7. The average Bonchev–Trinajstić information content (AvgIpc) is 2.90. The molecule has 5 nitrogen and oxygen atoms in total. The summed E-state index contributed by atoms with van der Waals surface area (Å²) < 4.78 is 15.2. The third-order valence-corrected chi connectivity index (χ3v) is 3.44. The molecule has 118 valence electrons. The van der Waals surface area contributed by atoms with E-state index in [1.807, 2.05) is 0 Å². The van der Waals surface area contributed by atoms with Gasteiger partial charge in [-0.3, -0.25) is 4.68 Å². The van der Waals surface area contributed by atoms with E-state index in [0.717, 1.165) is 12.8 Å². The summed E-state index contributed by atoms with van der Waals surface area (Å²) in [6.07, 6.45) is 5.08. The monoisotopic (exact) mass is 324 g/mol. The van der Waals surface area contributed by atoms with Crippen molar-refractivity contribution in [1.82, 2.24) is 15.1 Å². The lowest BCUT2D eigenvalue weighted by atomic mass is 10.2. The first-order valence-corrected chi connectivity index (χ1v) is 7.48. The van der Waals surface area contributed by atoms with Gasteiger partial charge in [0.05, 0.1) is 18.4 Å². The molecule has 2 N–H and O–H groups in total. The Balaban J connectivity index is 1.95. The third kappa shape index (κ3) is 4.46. The van der Waals surface area contributed by atoms with E-state index in [1.165, 1.54) is 16.9 Å². The van der Waals surface area contributed by atoms with E-state index in [9.17, 15) is 9.18 Å². The van der Waals surface area contributed by atoms with Crippen LogP contribution in [0.2, 0.25) is 5.02 Å². The molecule has 2 aromatic rings. The van der Waals surface area contributed by atoms with Crippen molar-refractivity contribution in [2.24, 2.45) is 0 Å². The summed E-state index contributed by atoms with van der Waals surface area (Å²) in [5.74, 6) is -0.380. The van der Waals surface area contributed by atoms with E-state index in [0.29, 0.717) is 22.8 Å². The molecule has 0 unspecified atom stereocenters. The maximum absolute atomic E-state index is 13.7. The van der Waals surface area contributed by atoms with Crippen molar-refractivity contribution in [3.05, 3.63) is 47.0 Å². The predicted molar refractivity (Wildman–Crippen MR) is 84.7 cm³/mol. The molecule has 0 spiro atoms. The Labute approximate surface area is 133 Å². The van der Waals surface area contributed by atoms with Crippen molar-refractivity contribution in [3.63, 3.8) is 0 Å². The number of hydrogen-bond acceptors (Lipinski definition) is 2. The molecular formula is C15H18ClFN4O. The van der Waals surface area contributed by atoms with Crippen LogP contribution in [0.1, 0.15) is 25.3 Å². The average molecular weight is 325 g/mol. The largest absolute Gasteiger partial charge is 0.338 e. The number of benzene rings is 1. The molecule has 1 aromatic carbocycles. The number of unbranched alkanes of at least 4 members (excludes halogenated alkanes) is 1. The number of anilines is 1. The number of halogens is 2. The van der Waals surface area contributed by atoms with Crippen LogP contribution in [0.3, 0.4) is 0 Å². The van der Waals surface area contributed by atoms with Crippen LogP contribution in [-0.4, -0.2) is 22.4 Å². The van der Waals surface area contributed by atoms with Gasteiger partial charge in [0.2, 0.25) is 0 Å². The molecule has 0 fully saturated rings. The molecule has 0 aliphatic heterocycles. The number of nitrogens with one attached hydrogen (secondary N) is 2. The summed E-state index contributed by atoms with van der Waals surface area (Å²) >= 11 is 5.98. The summed E-state index contributed by atoms with van der Waals surface area (Å²) in [7, 11) is 0. The van der Waals surface area contributed by atoms with Crippen LogP contribution in [-0.2, 0) is 6.54 Å². The summed E-state index contributed by atoms with van der Waals surface area (Å²) in [5, 5.41) is 9.86. The molecular weight excluding hydrogens is 307 g/mol. The van der Waals surface area contributed by atoms with E-state index in [2.05, 4.69) is 22.7 Å². The van der Waals surface area contributed by atoms with Gasteiger partial charge in [-0.2, -0.15) is 5.10 Å². The standard InChI is InChI=1S/C15H18ClFN4O/c1-2-3-7-18-15(22)20-11-8-19-21(9-11)10-12-13(16)5-4-6-14(12)17/h4-6,8-9H,2-3,7,10H2,1H3,(H2,18,20,22). The molecule has 1 aromatic heterocycles. The molecule has 2 amide bonds. The van der Waals surface area contributed by atoms with Crippen LogP contribution in [0.15, 0.2) is 30.6 Å². The van der Waals surface area contributed by atoms with Crippen molar-refractivity contribution in [2.45, 2.75) is 26.3 Å². The van der Waals surface area contributed by atoms with Gasteiger partial charge in [-0.1, -0.05) is 31.0 Å². The second kappa shape index (κ2) is 7.79. The molecule has 7 heteroatoms. The van der Waals surface area contributed by atoms with Gasteiger partial charge in [0.1, 0.15) is 5.82 Å². The number of aromatic nitrogens is 2. The fourth-order valence-electron chi connectivity index (χ4n) is 1.91. The van der Waals surface area contributed by atoms with Gasteiger partial charge in [0.15, 0.2) is 0 Å². The van der Waals surface area contributed by atoms with E-state index in [4.69, 9.17) is 11.6 Å². The van der Waals surface area contributed by atoms with Crippen molar-refractivity contribution < 1.29 is 9.18 Å². The highest BCUT2D eigenvalue weighted by Crippen LogP contribution is 2.20. The zero-order chi connectivity index (χ0) is 15.9. The summed E-state index contributed by atoms with van der Waals surface area (Å²) in [6, 6.07) is 4.25. The number of nitrogens with zero attached hydrogens (tertiary/aromatic N) is 2. The predicted octanol–water partition coefficient (Wildman–Crippen LogP) is 3.65.